The van der Waals surface area contributed by atoms with Crippen LogP contribution in [0.15, 0.2) is 54.6 Å². The molecule has 2 aromatic heterocycles. The number of carbonyl (C=O) groups excluding carboxylic acids is 1. The minimum atomic E-state index is -0.00517. The minimum Gasteiger partial charge on any atom is -0.496 e. The van der Waals surface area contributed by atoms with Crippen molar-refractivity contribution in [2.45, 2.75) is 38.5 Å². The molecule has 0 saturated carbocycles. The summed E-state index contributed by atoms with van der Waals surface area (Å²) in [6, 6.07) is 18.0. The number of ketones is 1. The summed E-state index contributed by atoms with van der Waals surface area (Å²) in [6.45, 7) is 4.24. The number of hydrogen-bond donors (Lipinski definition) is 0. The van der Waals surface area contributed by atoms with E-state index >= 15 is 0 Å². The van der Waals surface area contributed by atoms with Gasteiger partial charge in [-0.15, -0.1) is 10.2 Å². The Hall–Kier alpha value is -3.54. The molecule has 0 N–H and O–H groups in total. The number of Topliss-reactive ketones (excluding diaryl/α,β-unsaturated/α-hetero) is 1. The van der Waals surface area contributed by atoms with Gasteiger partial charge in [-0.2, -0.15) is 5.10 Å². The molecule has 0 aliphatic heterocycles. The largest absolute Gasteiger partial charge is 0.496 e. The first kappa shape index (κ1) is 19.4. The van der Waals surface area contributed by atoms with Gasteiger partial charge in [0.15, 0.2) is 17.1 Å². The number of carbonyl (C=O) groups is 1. The van der Waals surface area contributed by atoms with E-state index in [0.717, 1.165) is 33.8 Å². The number of methoxy groups -OCH3 is 1. The van der Waals surface area contributed by atoms with Crippen LogP contribution in [-0.2, 0) is 6.42 Å². The van der Waals surface area contributed by atoms with Crippen LogP contribution >= 0.6 is 0 Å². The quantitative estimate of drug-likeness (QED) is 0.480. The van der Waals surface area contributed by atoms with Crippen LogP contribution < -0.4 is 4.74 Å². The van der Waals surface area contributed by atoms with Crippen molar-refractivity contribution < 1.29 is 9.53 Å². The maximum atomic E-state index is 13.0. The van der Waals surface area contributed by atoms with E-state index in [-0.39, 0.29) is 17.6 Å². The van der Waals surface area contributed by atoms with E-state index in [1.807, 2.05) is 47.0 Å². The molecule has 4 aromatic rings. The lowest BCUT2D eigenvalue weighted by molar-refractivity contribution is 0.0955. The standard InChI is InChI=1S/C25H24N4O2/c1-15(2)23-22(16-9-5-4-6-10-16)25-27-26-24-19(29(25)28-23)13-17(14-20(24)30)18-11-7-8-12-21(18)31-3/h4-12,15,17H,13-14H2,1-3H3/t17-/m0/s1. The Morgan fingerprint density at radius 3 is 2.48 bits per heavy atom. The van der Waals surface area contributed by atoms with E-state index < -0.39 is 0 Å². The molecule has 1 atom stereocenters. The van der Waals surface area contributed by atoms with E-state index in [4.69, 9.17) is 9.84 Å². The fourth-order valence-electron chi connectivity index (χ4n) is 4.50. The lowest BCUT2D eigenvalue weighted by Gasteiger charge is -2.24. The van der Waals surface area contributed by atoms with Gasteiger partial charge < -0.3 is 4.74 Å². The van der Waals surface area contributed by atoms with Gasteiger partial charge in [0.2, 0.25) is 0 Å². The van der Waals surface area contributed by atoms with Gasteiger partial charge in [-0.25, -0.2) is 4.52 Å². The Morgan fingerprint density at radius 1 is 1.00 bits per heavy atom. The summed E-state index contributed by atoms with van der Waals surface area (Å²) in [4.78, 5) is 13.0. The van der Waals surface area contributed by atoms with E-state index in [9.17, 15) is 4.79 Å². The predicted molar refractivity (Wildman–Crippen MR) is 119 cm³/mol. The highest BCUT2D eigenvalue weighted by Crippen LogP contribution is 2.38. The molecule has 0 amide bonds. The smallest absolute Gasteiger partial charge is 0.185 e. The Morgan fingerprint density at radius 2 is 1.74 bits per heavy atom. The Kier molecular flexibility index (Phi) is 4.77. The highest BCUT2D eigenvalue weighted by atomic mass is 16.5. The molecule has 5 rings (SSSR count). The van der Waals surface area contributed by atoms with Crippen molar-refractivity contribution in [1.29, 1.82) is 0 Å². The zero-order chi connectivity index (χ0) is 21.5. The second kappa shape index (κ2) is 7.61. The summed E-state index contributed by atoms with van der Waals surface area (Å²) in [7, 11) is 1.66. The zero-order valence-electron chi connectivity index (χ0n) is 17.9. The normalized spacial score (nSPS) is 16.0. The van der Waals surface area contributed by atoms with Crippen molar-refractivity contribution in [3.05, 3.63) is 77.2 Å². The molecule has 0 fully saturated rings. The van der Waals surface area contributed by atoms with Gasteiger partial charge in [-0.1, -0.05) is 62.4 Å². The first-order chi connectivity index (χ1) is 15.1. The van der Waals surface area contributed by atoms with Crippen LogP contribution in [0.3, 0.4) is 0 Å². The second-order valence-electron chi connectivity index (χ2n) is 8.28. The highest BCUT2D eigenvalue weighted by molar-refractivity contribution is 5.97. The van der Waals surface area contributed by atoms with Crippen LogP contribution in [0.1, 0.15) is 59.5 Å². The SMILES string of the molecule is COc1ccccc1[C@@H]1CC(=O)c2nnc3c(-c4ccccc4)c(C(C)C)nn3c2C1. The molecule has 1 aliphatic carbocycles. The van der Waals surface area contributed by atoms with Crippen molar-refractivity contribution in [2.75, 3.05) is 7.11 Å². The van der Waals surface area contributed by atoms with E-state index in [2.05, 4.69) is 36.2 Å². The van der Waals surface area contributed by atoms with E-state index in [1.54, 1.807) is 7.11 Å². The van der Waals surface area contributed by atoms with Crippen LogP contribution in [0.4, 0.5) is 0 Å². The number of benzene rings is 2. The molecule has 0 bridgehead atoms. The molecule has 0 radical (unpaired) electrons. The molecule has 1 aliphatic rings. The molecule has 0 saturated heterocycles. The third kappa shape index (κ3) is 3.19. The van der Waals surface area contributed by atoms with Crippen molar-refractivity contribution in [3.63, 3.8) is 0 Å². The lowest BCUT2D eigenvalue weighted by Crippen LogP contribution is -2.24. The van der Waals surface area contributed by atoms with E-state index in [0.29, 0.717) is 24.2 Å². The van der Waals surface area contributed by atoms with Crippen LogP contribution in [0.25, 0.3) is 16.8 Å². The van der Waals surface area contributed by atoms with Crippen molar-refractivity contribution >= 4 is 11.4 Å². The molecule has 0 spiro atoms. The maximum Gasteiger partial charge on any atom is 0.185 e. The predicted octanol–water partition coefficient (Wildman–Crippen LogP) is 4.84. The molecule has 2 heterocycles. The first-order valence-electron chi connectivity index (χ1n) is 10.6. The third-order valence-corrected chi connectivity index (χ3v) is 5.99. The minimum absolute atomic E-state index is 0.00517. The second-order valence-corrected chi connectivity index (χ2v) is 8.28. The zero-order valence-corrected chi connectivity index (χ0v) is 17.9. The third-order valence-electron chi connectivity index (χ3n) is 5.99. The van der Waals surface area contributed by atoms with Crippen molar-refractivity contribution in [2.24, 2.45) is 0 Å². The lowest BCUT2D eigenvalue weighted by atomic mass is 9.83. The fourth-order valence-corrected chi connectivity index (χ4v) is 4.50. The summed E-state index contributed by atoms with van der Waals surface area (Å²) < 4.78 is 7.41. The van der Waals surface area contributed by atoms with Gasteiger partial charge in [0.05, 0.1) is 24.1 Å². The van der Waals surface area contributed by atoms with Crippen molar-refractivity contribution in [3.8, 4) is 16.9 Å². The van der Waals surface area contributed by atoms with E-state index in [1.165, 1.54) is 0 Å². The number of aromatic nitrogens is 4. The Balaban J connectivity index is 1.71. The monoisotopic (exact) mass is 412 g/mol. The summed E-state index contributed by atoms with van der Waals surface area (Å²) in [5.74, 6) is 1.01. The Bertz CT molecular complexity index is 1280. The molecule has 0 unspecified atom stereocenters. The molecule has 6 nitrogen and oxygen atoms in total. The molecular weight excluding hydrogens is 388 g/mol. The number of hydrogen-bond acceptors (Lipinski definition) is 5. The summed E-state index contributed by atoms with van der Waals surface area (Å²) in [6.07, 6.45) is 1.04. The first-order valence-corrected chi connectivity index (χ1v) is 10.6. The topological polar surface area (TPSA) is 69.4 Å². The van der Waals surface area contributed by atoms with Gasteiger partial charge in [0.1, 0.15) is 5.75 Å². The number of para-hydroxylation sites is 1. The highest BCUT2D eigenvalue weighted by Gasteiger charge is 2.33. The Labute approximate surface area is 180 Å². The van der Waals surface area contributed by atoms with Gasteiger partial charge in [0.25, 0.3) is 0 Å². The average molecular weight is 412 g/mol. The van der Waals surface area contributed by atoms with Gasteiger partial charge in [0, 0.05) is 12.3 Å². The fraction of sp³-hybridized carbons (Fsp3) is 0.280. The van der Waals surface area contributed by atoms with Crippen molar-refractivity contribution in [1.82, 2.24) is 19.8 Å². The summed E-state index contributed by atoms with van der Waals surface area (Å²) in [5.41, 5.74) is 5.98. The number of rotatable bonds is 4. The molecule has 6 heteroatoms. The number of nitrogens with zero attached hydrogens (tertiary/aromatic N) is 4. The molecule has 31 heavy (non-hydrogen) atoms. The van der Waals surface area contributed by atoms with Crippen LogP contribution in [0, 0.1) is 0 Å². The average Bonchev–Trinajstić information content (AvgIpc) is 3.20. The number of fused-ring (bicyclic) bond motifs is 3. The van der Waals surface area contributed by atoms with Crippen LogP contribution in [-0.4, -0.2) is 32.7 Å². The maximum absolute atomic E-state index is 13.0. The summed E-state index contributed by atoms with van der Waals surface area (Å²) >= 11 is 0. The van der Waals surface area contributed by atoms with Gasteiger partial charge in [-0.05, 0) is 29.5 Å². The molecule has 156 valence electrons. The van der Waals surface area contributed by atoms with Crippen LogP contribution in [0.5, 0.6) is 5.75 Å². The summed E-state index contributed by atoms with van der Waals surface area (Å²) in [5, 5.41) is 13.8. The molecular formula is C25H24N4O2. The van der Waals surface area contributed by atoms with Gasteiger partial charge in [-0.3, -0.25) is 4.79 Å². The number of ether oxygens (including phenoxy) is 1. The molecule has 2 aromatic carbocycles. The van der Waals surface area contributed by atoms with Crippen LogP contribution in [0.2, 0.25) is 0 Å². The van der Waals surface area contributed by atoms with Gasteiger partial charge >= 0.3 is 0 Å².